The Labute approximate surface area is 177 Å². The summed E-state index contributed by atoms with van der Waals surface area (Å²) in [5.74, 6) is 0.925. The maximum atomic E-state index is 12.3. The van der Waals surface area contributed by atoms with Gasteiger partial charge in [0.1, 0.15) is 5.75 Å². The number of carbonyl (C=O) groups is 2. The molecule has 0 aromatic heterocycles. The van der Waals surface area contributed by atoms with Gasteiger partial charge in [-0.25, -0.2) is 10.2 Å². The standard InChI is InChI=1S/C23H29N3O4/c1-4-29-23(28)25-21(19-8-6-5-7-9-19)14-22(27)26-24-15-18-10-12-20(13-11-18)30-16-17(2)3/h5-13,15,17,21H,4,14,16H2,1-3H3,(H,25,28)(H,26,27)/b24-15-/t21-/m1/s1. The van der Waals surface area contributed by atoms with Crippen molar-refractivity contribution >= 4 is 18.2 Å². The number of rotatable bonds is 10. The van der Waals surface area contributed by atoms with E-state index in [1.807, 2.05) is 54.6 Å². The molecular weight excluding hydrogens is 382 g/mol. The molecule has 2 aromatic carbocycles. The van der Waals surface area contributed by atoms with Crippen molar-refractivity contribution in [2.24, 2.45) is 11.0 Å². The summed E-state index contributed by atoms with van der Waals surface area (Å²) in [5, 5.41) is 6.71. The van der Waals surface area contributed by atoms with Crippen molar-refractivity contribution in [3.63, 3.8) is 0 Å². The van der Waals surface area contributed by atoms with Crippen LogP contribution >= 0.6 is 0 Å². The third-order valence-corrected chi connectivity index (χ3v) is 4.03. The van der Waals surface area contributed by atoms with Crippen LogP contribution in [0, 0.1) is 5.92 Å². The van der Waals surface area contributed by atoms with Gasteiger partial charge in [-0.1, -0.05) is 44.2 Å². The first-order valence-corrected chi connectivity index (χ1v) is 10.0. The summed E-state index contributed by atoms with van der Waals surface area (Å²) >= 11 is 0. The number of hydrogen-bond acceptors (Lipinski definition) is 5. The molecule has 0 spiro atoms. The SMILES string of the molecule is CCOC(=O)N[C@H](CC(=O)N/N=C\c1ccc(OCC(C)C)cc1)c1ccccc1. The molecule has 0 bridgehead atoms. The van der Waals surface area contributed by atoms with E-state index in [-0.39, 0.29) is 18.9 Å². The lowest BCUT2D eigenvalue weighted by Gasteiger charge is -2.18. The molecule has 2 amide bonds. The molecule has 0 aliphatic rings. The second-order valence-electron chi connectivity index (χ2n) is 7.10. The lowest BCUT2D eigenvalue weighted by molar-refractivity contribution is -0.121. The highest BCUT2D eigenvalue weighted by Crippen LogP contribution is 2.17. The Bertz CT molecular complexity index is 820. The number of amides is 2. The minimum absolute atomic E-state index is 0.0299. The van der Waals surface area contributed by atoms with Crippen molar-refractivity contribution in [3.8, 4) is 5.75 Å². The molecule has 0 radical (unpaired) electrons. The van der Waals surface area contributed by atoms with Crippen LogP contribution < -0.4 is 15.5 Å². The predicted molar refractivity (Wildman–Crippen MR) is 116 cm³/mol. The summed E-state index contributed by atoms with van der Waals surface area (Å²) in [4.78, 5) is 24.1. The van der Waals surface area contributed by atoms with Gasteiger partial charge in [0, 0.05) is 0 Å². The summed E-state index contributed by atoms with van der Waals surface area (Å²) < 4.78 is 10.6. The van der Waals surface area contributed by atoms with Crippen LogP contribution in [-0.4, -0.2) is 31.4 Å². The molecule has 7 heteroatoms. The minimum Gasteiger partial charge on any atom is -0.493 e. The lowest BCUT2D eigenvalue weighted by atomic mass is 10.0. The third kappa shape index (κ3) is 8.34. The second kappa shape index (κ2) is 12.3. The fourth-order valence-electron chi connectivity index (χ4n) is 2.58. The van der Waals surface area contributed by atoms with Crippen LogP contribution in [0.5, 0.6) is 5.75 Å². The molecule has 0 heterocycles. The van der Waals surface area contributed by atoms with Gasteiger partial charge in [-0.15, -0.1) is 0 Å². The van der Waals surface area contributed by atoms with Crippen molar-refractivity contribution in [2.75, 3.05) is 13.2 Å². The average molecular weight is 412 g/mol. The van der Waals surface area contributed by atoms with Gasteiger partial charge < -0.3 is 14.8 Å². The molecule has 2 rings (SSSR count). The fourth-order valence-corrected chi connectivity index (χ4v) is 2.58. The van der Waals surface area contributed by atoms with Crippen molar-refractivity contribution in [2.45, 2.75) is 33.2 Å². The molecule has 30 heavy (non-hydrogen) atoms. The highest BCUT2D eigenvalue weighted by atomic mass is 16.5. The van der Waals surface area contributed by atoms with Crippen molar-refractivity contribution in [1.82, 2.24) is 10.7 Å². The Hall–Kier alpha value is -3.35. The van der Waals surface area contributed by atoms with E-state index in [2.05, 4.69) is 29.7 Å². The normalized spacial score (nSPS) is 11.9. The van der Waals surface area contributed by atoms with E-state index >= 15 is 0 Å². The fraction of sp³-hybridized carbons (Fsp3) is 0.348. The Morgan fingerprint density at radius 3 is 2.40 bits per heavy atom. The second-order valence-corrected chi connectivity index (χ2v) is 7.10. The molecule has 0 saturated carbocycles. The van der Waals surface area contributed by atoms with Crippen molar-refractivity contribution < 1.29 is 19.1 Å². The largest absolute Gasteiger partial charge is 0.493 e. The molecule has 160 valence electrons. The average Bonchev–Trinajstić information content (AvgIpc) is 2.73. The Balaban J connectivity index is 1.90. The topological polar surface area (TPSA) is 89.0 Å². The van der Waals surface area contributed by atoms with Gasteiger partial charge in [0.25, 0.3) is 0 Å². The molecule has 1 atom stereocenters. The number of benzene rings is 2. The number of carbonyl (C=O) groups excluding carboxylic acids is 2. The molecule has 0 saturated heterocycles. The number of alkyl carbamates (subject to hydrolysis) is 1. The molecule has 0 aliphatic carbocycles. The van der Waals surface area contributed by atoms with Crippen LogP contribution in [0.4, 0.5) is 4.79 Å². The number of nitrogens with one attached hydrogen (secondary N) is 2. The van der Waals surface area contributed by atoms with Crippen LogP contribution in [0.2, 0.25) is 0 Å². The molecule has 0 unspecified atom stereocenters. The van der Waals surface area contributed by atoms with E-state index < -0.39 is 12.1 Å². The van der Waals surface area contributed by atoms with Crippen LogP contribution in [0.15, 0.2) is 59.7 Å². The Morgan fingerprint density at radius 2 is 1.77 bits per heavy atom. The Morgan fingerprint density at radius 1 is 1.07 bits per heavy atom. The predicted octanol–water partition coefficient (Wildman–Crippen LogP) is 4.05. The summed E-state index contributed by atoms with van der Waals surface area (Å²) in [7, 11) is 0. The summed E-state index contributed by atoms with van der Waals surface area (Å²) in [6.45, 7) is 6.82. The Kier molecular flexibility index (Phi) is 9.37. The van der Waals surface area contributed by atoms with Gasteiger partial charge in [0.2, 0.25) is 5.91 Å². The first-order valence-electron chi connectivity index (χ1n) is 10.0. The van der Waals surface area contributed by atoms with E-state index in [1.54, 1.807) is 13.1 Å². The first kappa shape index (κ1) is 22.9. The zero-order valence-electron chi connectivity index (χ0n) is 17.6. The van der Waals surface area contributed by atoms with E-state index in [0.29, 0.717) is 12.5 Å². The number of nitrogens with zero attached hydrogens (tertiary/aromatic N) is 1. The summed E-state index contributed by atoms with van der Waals surface area (Å²) in [6.07, 6.45) is 1.02. The van der Waals surface area contributed by atoms with Gasteiger partial charge in [-0.3, -0.25) is 4.79 Å². The highest BCUT2D eigenvalue weighted by molar-refractivity contribution is 5.83. The zero-order valence-corrected chi connectivity index (χ0v) is 17.6. The smallest absolute Gasteiger partial charge is 0.407 e. The van der Waals surface area contributed by atoms with Crippen LogP contribution in [-0.2, 0) is 9.53 Å². The van der Waals surface area contributed by atoms with Gasteiger partial charge in [-0.05, 0) is 48.2 Å². The van der Waals surface area contributed by atoms with Crippen LogP contribution in [0.25, 0.3) is 0 Å². The number of ether oxygens (including phenoxy) is 2. The quantitative estimate of drug-likeness (QED) is 0.456. The highest BCUT2D eigenvalue weighted by Gasteiger charge is 2.18. The molecule has 0 fully saturated rings. The van der Waals surface area contributed by atoms with Gasteiger partial charge >= 0.3 is 6.09 Å². The molecular formula is C23H29N3O4. The molecule has 0 aliphatic heterocycles. The van der Waals surface area contributed by atoms with E-state index in [1.165, 1.54) is 0 Å². The van der Waals surface area contributed by atoms with Crippen LogP contribution in [0.3, 0.4) is 0 Å². The van der Waals surface area contributed by atoms with Crippen LogP contribution in [0.1, 0.15) is 44.4 Å². The molecule has 2 aromatic rings. The zero-order chi connectivity index (χ0) is 21.8. The van der Waals surface area contributed by atoms with E-state index in [0.717, 1.165) is 16.9 Å². The third-order valence-electron chi connectivity index (χ3n) is 4.03. The van der Waals surface area contributed by atoms with E-state index in [4.69, 9.17) is 9.47 Å². The van der Waals surface area contributed by atoms with Gasteiger partial charge in [0.05, 0.1) is 31.9 Å². The lowest BCUT2D eigenvalue weighted by Crippen LogP contribution is -2.33. The first-order chi connectivity index (χ1) is 14.5. The number of hydrazone groups is 1. The molecule has 7 nitrogen and oxygen atoms in total. The van der Waals surface area contributed by atoms with Crippen molar-refractivity contribution in [1.29, 1.82) is 0 Å². The number of hydrogen-bond donors (Lipinski definition) is 2. The maximum Gasteiger partial charge on any atom is 0.407 e. The molecule has 2 N–H and O–H groups in total. The summed E-state index contributed by atoms with van der Waals surface area (Å²) in [6, 6.07) is 16.2. The van der Waals surface area contributed by atoms with E-state index in [9.17, 15) is 9.59 Å². The van der Waals surface area contributed by atoms with Gasteiger partial charge in [-0.2, -0.15) is 5.10 Å². The monoisotopic (exact) mass is 411 g/mol. The van der Waals surface area contributed by atoms with Crippen molar-refractivity contribution in [3.05, 3.63) is 65.7 Å². The minimum atomic E-state index is -0.567. The van der Waals surface area contributed by atoms with Gasteiger partial charge in [0.15, 0.2) is 0 Å². The maximum absolute atomic E-state index is 12.3. The summed E-state index contributed by atoms with van der Waals surface area (Å²) in [5.41, 5.74) is 4.14.